The highest BCUT2D eigenvalue weighted by Crippen LogP contribution is 2.28. The highest BCUT2D eigenvalue weighted by atomic mass is 19.1. The van der Waals surface area contributed by atoms with E-state index in [2.05, 4.69) is 39.9 Å². The molecule has 0 spiro atoms. The number of rotatable bonds is 5. The molecule has 0 radical (unpaired) electrons. The van der Waals surface area contributed by atoms with E-state index in [1.54, 1.807) is 35.1 Å². The van der Waals surface area contributed by atoms with Crippen LogP contribution >= 0.6 is 0 Å². The fourth-order valence-electron chi connectivity index (χ4n) is 3.68. The predicted molar refractivity (Wildman–Crippen MR) is 127 cm³/mol. The van der Waals surface area contributed by atoms with Crippen molar-refractivity contribution in [3.05, 3.63) is 108 Å². The van der Waals surface area contributed by atoms with E-state index in [1.165, 1.54) is 17.5 Å². The molecule has 3 N–H and O–H groups in total. The smallest absolute Gasteiger partial charge is 0.277 e. The van der Waals surface area contributed by atoms with Gasteiger partial charge in [0.1, 0.15) is 5.82 Å². The average Bonchev–Trinajstić information content (AvgIpc) is 3.30. The Kier molecular flexibility index (Phi) is 5.28. The molecule has 33 heavy (non-hydrogen) atoms. The Morgan fingerprint density at radius 3 is 2.48 bits per heavy atom. The number of benzene rings is 4. The average molecular weight is 437 g/mol. The molecule has 6 nitrogen and oxygen atoms in total. The van der Waals surface area contributed by atoms with Crippen molar-refractivity contribution in [3.63, 3.8) is 0 Å². The van der Waals surface area contributed by atoms with Gasteiger partial charge in [-0.25, -0.2) is 9.07 Å². The van der Waals surface area contributed by atoms with E-state index < -0.39 is 5.91 Å². The predicted octanol–water partition coefficient (Wildman–Crippen LogP) is 5.12. The lowest BCUT2D eigenvalue weighted by Crippen LogP contribution is -2.13. The van der Waals surface area contributed by atoms with Crippen LogP contribution in [-0.4, -0.2) is 20.9 Å². The molecule has 0 bridgehead atoms. The van der Waals surface area contributed by atoms with Crippen LogP contribution in [0.5, 0.6) is 0 Å². The van der Waals surface area contributed by atoms with Gasteiger partial charge in [-0.05, 0) is 57.8 Å². The number of hydrogen-bond donors (Lipinski definition) is 2. The van der Waals surface area contributed by atoms with E-state index in [0.29, 0.717) is 17.9 Å². The first-order chi connectivity index (χ1) is 16.0. The van der Waals surface area contributed by atoms with Crippen LogP contribution in [0.25, 0.3) is 21.9 Å². The Labute approximate surface area is 189 Å². The quantitative estimate of drug-likeness (QED) is 0.374. The molecule has 0 unspecified atom stereocenters. The lowest BCUT2D eigenvalue weighted by atomic mass is 10.0. The summed E-state index contributed by atoms with van der Waals surface area (Å²) >= 11 is 0. The van der Waals surface area contributed by atoms with Crippen LogP contribution in [-0.2, 0) is 6.54 Å². The van der Waals surface area contributed by atoms with E-state index in [0.717, 1.165) is 22.1 Å². The van der Waals surface area contributed by atoms with Crippen LogP contribution in [0.1, 0.15) is 16.1 Å². The number of anilines is 2. The SMILES string of the molecule is Nc1ccc(-c2ccc(F)cc2)cc1NC(=O)c1cn(Cc2ccc3ccccc3c2)nn1. The van der Waals surface area contributed by atoms with Crippen LogP contribution in [0.3, 0.4) is 0 Å². The number of halogens is 1. The molecule has 7 heteroatoms. The van der Waals surface area contributed by atoms with Gasteiger partial charge >= 0.3 is 0 Å². The number of fused-ring (bicyclic) bond motifs is 1. The van der Waals surface area contributed by atoms with Crippen molar-refractivity contribution in [2.24, 2.45) is 0 Å². The van der Waals surface area contributed by atoms with Gasteiger partial charge in [0.2, 0.25) is 0 Å². The molecule has 5 rings (SSSR count). The highest BCUT2D eigenvalue weighted by Gasteiger charge is 2.14. The Hall–Kier alpha value is -4.52. The summed E-state index contributed by atoms with van der Waals surface area (Å²) < 4.78 is 14.8. The number of carbonyl (C=O) groups excluding carboxylic acids is 1. The Morgan fingerprint density at radius 1 is 0.909 bits per heavy atom. The van der Waals surface area contributed by atoms with Crippen molar-refractivity contribution in [3.8, 4) is 11.1 Å². The molecule has 0 aliphatic rings. The highest BCUT2D eigenvalue weighted by molar-refractivity contribution is 6.04. The Bertz CT molecular complexity index is 1460. The largest absolute Gasteiger partial charge is 0.397 e. The molecule has 0 saturated heterocycles. The molecular weight excluding hydrogens is 417 g/mol. The molecule has 4 aromatic carbocycles. The van der Waals surface area contributed by atoms with Crippen LogP contribution in [0, 0.1) is 5.82 Å². The number of nitrogens with one attached hydrogen (secondary N) is 1. The third-order valence-corrected chi connectivity index (χ3v) is 5.41. The molecule has 0 fully saturated rings. The van der Waals surface area contributed by atoms with Crippen LogP contribution in [0.2, 0.25) is 0 Å². The summed E-state index contributed by atoms with van der Waals surface area (Å²) in [5.74, 6) is -0.725. The first-order valence-electron chi connectivity index (χ1n) is 10.4. The number of carbonyl (C=O) groups is 1. The first-order valence-corrected chi connectivity index (χ1v) is 10.4. The van der Waals surface area contributed by atoms with Gasteiger partial charge in [-0.1, -0.05) is 59.8 Å². The van der Waals surface area contributed by atoms with E-state index in [4.69, 9.17) is 5.73 Å². The number of nitrogens with zero attached hydrogens (tertiary/aromatic N) is 3. The summed E-state index contributed by atoms with van der Waals surface area (Å²) in [6.45, 7) is 0.493. The lowest BCUT2D eigenvalue weighted by molar-refractivity contribution is 0.102. The Morgan fingerprint density at radius 2 is 1.67 bits per heavy atom. The molecule has 1 aromatic heterocycles. The van der Waals surface area contributed by atoms with Gasteiger partial charge in [0, 0.05) is 0 Å². The van der Waals surface area contributed by atoms with Crippen molar-refractivity contribution in [2.45, 2.75) is 6.54 Å². The number of aromatic nitrogens is 3. The maximum absolute atomic E-state index is 13.2. The van der Waals surface area contributed by atoms with Gasteiger partial charge in [0.25, 0.3) is 5.91 Å². The van der Waals surface area contributed by atoms with Crippen molar-refractivity contribution in [2.75, 3.05) is 11.1 Å². The molecule has 5 aromatic rings. The minimum Gasteiger partial charge on any atom is -0.397 e. The van der Waals surface area contributed by atoms with E-state index in [9.17, 15) is 9.18 Å². The Balaban J connectivity index is 1.32. The molecule has 1 heterocycles. The van der Waals surface area contributed by atoms with Crippen molar-refractivity contribution < 1.29 is 9.18 Å². The molecule has 0 atom stereocenters. The fourth-order valence-corrected chi connectivity index (χ4v) is 3.68. The second-order valence-electron chi connectivity index (χ2n) is 7.75. The lowest BCUT2D eigenvalue weighted by Gasteiger charge is -2.10. The number of hydrogen-bond acceptors (Lipinski definition) is 4. The van der Waals surface area contributed by atoms with Crippen molar-refractivity contribution >= 4 is 28.1 Å². The summed E-state index contributed by atoms with van der Waals surface area (Å²) in [5, 5.41) is 13.2. The van der Waals surface area contributed by atoms with Crippen molar-refractivity contribution in [1.29, 1.82) is 0 Å². The zero-order valence-electron chi connectivity index (χ0n) is 17.6. The summed E-state index contributed by atoms with van der Waals surface area (Å²) in [6, 6.07) is 25.7. The molecular formula is C26H20FN5O. The summed E-state index contributed by atoms with van der Waals surface area (Å²) in [4.78, 5) is 12.8. The maximum atomic E-state index is 13.2. The van der Waals surface area contributed by atoms with Crippen LogP contribution in [0.15, 0.2) is 91.1 Å². The molecule has 1 amide bonds. The number of nitrogen functional groups attached to an aromatic ring is 1. The molecule has 0 aliphatic carbocycles. The normalized spacial score (nSPS) is 10.9. The third-order valence-electron chi connectivity index (χ3n) is 5.41. The second-order valence-corrected chi connectivity index (χ2v) is 7.75. The van der Waals surface area contributed by atoms with Gasteiger partial charge in [0.15, 0.2) is 5.69 Å². The topological polar surface area (TPSA) is 85.8 Å². The zero-order chi connectivity index (χ0) is 22.8. The van der Waals surface area contributed by atoms with Gasteiger partial charge in [-0.15, -0.1) is 5.10 Å². The minimum atomic E-state index is -0.414. The van der Waals surface area contributed by atoms with Gasteiger partial charge in [0.05, 0.1) is 24.1 Å². The van der Waals surface area contributed by atoms with Crippen LogP contribution in [0.4, 0.5) is 15.8 Å². The standard InChI is InChI=1S/C26H20FN5O/c27-22-10-7-19(8-11-22)21-9-12-23(28)24(14-21)29-26(33)25-16-32(31-30-25)15-17-5-6-18-3-1-2-4-20(18)13-17/h1-14,16H,15,28H2,(H,29,33). The van der Waals surface area contributed by atoms with Gasteiger partial charge < -0.3 is 11.1 Å². The number of amides is 1. The summed E-state index contributed by atoms with van der Waals surface area (Å²) in [7, 11) is 0. The fraction of sp³-hybridized carbons (Fsp3) is 0.0385. The van der Waals surface area contributed by atoms with Crippen molar-refractivity contribution in [1.82, 2.24) is 15.0 Å². The zero-order valence-corrected chi connectivity index (χ0v) is 17.6. The molecule has 0 aliphatic heterocycles. The summed E-state index contributed by atoms with van der Waals surface area (Å²) in [6.07, 6.45) is 1.60. The van der Waals surface area contributed by atoms with Gasteiger partial charge in [-0.2, -0.15) is 0 Å². The first kappa shape index (κ1) is 20.4. The van der Waals surface area contributed by atoms with Crippen LogP contribution < -0.4 is 11.1 Å². The second kappa shape index (κ2) is 8.55. The molecule has 0 saturated carbocycles. The monoisotopic (exact) mass is 437 g/mol. The van der Waals surface area contributed by atoms with E-state index >= 15 is 0 Å². The number of nitrogens with two attached hydrogens (primary N) is 1. The maximum Gasteiger partial charge on any atom is 0.277 e. The van der Waals surface area contributed by atoms with Gasteiger partial charge in [-0.3, -0.25) is 4.79 Å². The third kappa shape index (κ3) is 4.43. The summed E-state index contributed by atoms with van der Waals surface area (Å²) in [5.41, 5.74) is 9.78. The minimum absolute atomic E-state index is 0.183. The van der Waals surface area contributed by atoms with E-state index in [-0.39, 0.29) is 11.5 Å². The molecule has 162 valence electrons. The van der Waals surface area contributed by atoms with E-state index in [1.807, 2.05) is 24.3 Å².